The van der Waals surface area contributed by atoms with Crippen molar-refractivity contribution in [2.45, 2.75) is 38.0 Å². The lowest BCUT2D eigenvalue weighted by molar-refractivity contribution is -0.188. The Morgan fingerprint density at radius 3 is 2.14 bits per heavy atom. The second kappa shape index (κ2) is 4.98. The maximum absolute atomic E-state index is 11.8. The van der Waals surface area contributed by atoms with Crippen LogP contribution in [-0.2, 0) is 4.74 Å². The number of halogens is 3. The smallest absolute Gasteiger partial charge is 0.396 e. The molecule has 1 aliphatic rings. The predicted molar refractivity (Wildman–Crippen MR) is 44.8 cm³/mol. The van der Waals surface area contributed by atoms with Gasteiger partial charge in [-0.3, -0.25) is 0 Å². The van der Waals surface area contributed by atoms with Gasteiger partial charge in [0.05, 0.1) is 6.10 Å². The SMILES string of the molecule is OCC1CCC(OCC(F)(F)F)CC1. The third kappa shape index (κ3) is 4.28. The van der Waals surface area contributed by atoms with Crippen LogP contribution >= 0.6 is 0 Å². The van der Waals surface area contributed by atoms with Crippen LogP contribution in [0.5, 0.6) is 0 Å². The van der Waals surface area contributed by atoms with Gasteiger partial charge >= 0.3 is 6.18 Å². The van der Waals surface area contributed by atoms with E-state index in [1.807, 2.05) is 0 Å². The number of alkyl halides is 3. The summed E-state index contributed by atoms with van der Waals surface area (Å²) in [7, 11) is 0. The molecule has 1 rings (SSSR count). The summed E-state index contributed by atoms with van der Waals surface area (Å²) >= 11 is 0. The molecule has 1 aliphatic carbocycles. The summed E-state index contributed by atoms with van der Waals surface area (Å²) in [6.45, 7) is -1.02. The Kier molecular flexibility index (Phi) is 4.19. The zero-order valence-corrected chi connectivity index (χ0v) is 7.89. The van der Waals surface area contributed by atoms with Crippen molar-refractivity contribution in [2.24, 2.45) is 5.92 Å². The molecule has 14 heavy (non-hydrogen) atoms. The molecule has 84 valence electrons. The molecule has 0 aromatic rings. The third-order valence-electron chi connectivity index (χ3n) is 2.53. The molecule has 0 heterocycles. The molecule has 1 saturated carbocycles. The molecule has 0 bridgehead atoms. The van der Waals surface area contributed by atoms with Gasteiger partial charge < -0.3 is 9.84 Å². The Morgan fingerprint density at radius 2 is 1.71 bits per heavy atom. The predicted octanol–water partition coefficient (Wildman–Crippen LogP) is 2.12. The highest BCUT2D eigenvalue weighted by atomic mass is 19.4. The largest absolute Gasteiger partial charge is 0.411 e. The van der Waals surface area contributed by atoms with Gasteiger partial charge in [0.25, 0.3) is 0 Å². The van der Waals surface area contributed by atoms with Gasteiger partial charge in [-0.15, -0.1) is 0 Å². The quantitative estimate of drug-likeness (QED) is 0.776. The summed E-state index contributed by atoms with van der Waals surface area (Å²) in [6, 6.07) is 0. The van der Waals surface area contributed by atoms with E-state index in [9.17, 15) is 13.2 Å². The number of ether oxygens (including phenoxy) is 1. The number of hydrogen-bond donors (Lipinski definition) is 1. The number of aliphatic hydroxyl groups excluding tert-OH is 1. The summed E-state index contributed by atoms with van der Waals surface area (Å²) in [4.78, 5) is 0. The van der Waals surface area contributed by atoms with E-state index in [1.165, 1.54) is 0 Å². The Balaban J connectivity index is 2.16. The van der Waals surface area contributed by atoms with Crippen molar-refractivity contribution in [1.82, 2.24) is 0 Å². The second-order valence-electron chi connectivity index (χ2n) is 3.75. The fraction of sp³-hybridized carbons (Fsp3) is 1.00. The van der Waals surface area contributed by atoms with Gasteiger partial charge in [-0.05, 0) is 31.6 Å². The van der Waals surface area contributed by atoms with Crippen LogP contribution in [-0.4, -0.2) is 30.6 Å². The summed E-state index contributed by atoms with van der Waals surface area (Å²) in [5, 5.41) is 8.82. The second-order valence-corrected chi connectivity index (χ2v) is 3.75. The first-order valence-electron chi connectivity index (χ1n) is 4.80. The van der Waals surface area contributed by atoms with Crippen LogP contribution < -0.4 is 0 Å². The minimum atomic E-state index is -4.23. The zero-order valence-electron chi connectivity index (χ0n) is 7.89. The maximum atomic E-state index is 11.8. The molecule has 5 heteroatoms. The topological polar surface area (TPSA) is 29.5 Å². The lowest BCUT2D eigenvalue weighted by Crippen LogP contribution is -2.27. The van der Waals surface area contributed by atoms with Gasteiger partial charge in [0, 0.05) is 6.61 Å². The van der Waals surface area contributed by atoms with E-state index in [1.54, 1.807) is 0 Å². The van der Waals surface area contributed by atoms with E-state index in [-0.39, 0.29) is 18.6 Å². The molecule has 0 amide bonds. The third-order valence-corrected chi connectivity index (χ3v) is 2.53. The van der Waals surface area contributed by atoms with Crippen LogP contribution in [0.25, 0.3) is 0 Å². The highest BCUT2D eigenvalue weighted by molar-refractivity contribution is 4.72. The van der Waals surface area contributed by atoms with Crippen LogP contribution in [0.1, 0.15) is 25.7 Å². The lowest BCUT2D eigenvalue weighted by atomic mass is 9.88. The Morgan fingerprint density at radius 1 is 1.14 bits per heavy atom. The highest BCUT2D eigenvalue weighted by Crippen LogP contribution is 2.27. The van der Waals surface area contributed by atoms with Crippen molar-refractivity contribution >= 4 is 0 Å². The molecule has 0 aliphatic heterocycles. The summed E-state index contributed by atoms with van der Waals surface area (Å²) < 4.78 is 40.1. The Labute approximate surface area is 81.1 Å². The number of aliphatic hydroxyl groups is 1. The van der Waals surface area contributed by atoms with Crippen molar-refractivity contribution in [1.29, 1.82) is 0 Å². The molecule has 0 aromatic carbocycles. The summed E-state index contributed by atoms with van der Waals surface area (Å²) in [6.07, 6.45) is -1.73. The minimum absolute atomic E-state index is 0.131. The molecule has 1 N–H and O–H groups in total. The molecular formula is C9H15F3O2. The fourth-order valence-corrected chi connectivity index (χ4v) is 1.69. The van der Waals surface area contributed by atoms with Crippen molar-refractivity contribution in [3.8, 4) is 0 Å². The molecule has 0 atom stereocenters. The van der Waals surface area contributed by atoms with Gasteiger partial charge in [0.1, 0.15) is 6.61 Å². The van der Waals surface area contributed by atoms with Gasteiger partial charge in [0.2, 0.25) is 0 Å². The van der Waals surface area contributed by atoms with Crippen LogP contribution in [0.3, 0.4) is 0 Å². The molecule has 0 unspecified atom stereocenters. The molecule has 2 nitrogen and oxygen atoms in total. The Hall–Kier alpha value is -0.290. The molecule has 0 saturated heterocycles. The first-order chi connectivity index (χ1) is 6.51. The van der Waals surface area contributed by atoms with E-state index in [0.717, 1.165) is 12.8 Å². The van der Waals surface area contributed by atoms with Crippen molar-refractivity contribution in [2.75, 3.05) is 13.2 Å². The molecular weight excluding hydrogens is 197 g/mol. The average Bonchev–Trinajstić information content (AvgIpc) is 2.14. The highest BCUT2D eigenvalue weighted by Gasteiger charge is 2.30. The van der Waals surface area contributed by atoms with E-state index >= 15 is 0 Å². The van der Waals surface area contributed by atoms with Crippen LogP contribution in [0.2, 0.25) is 0 Å². The standard InChI is InChI=1S/C9H15F3O2/c10-9(11,12)6-14-8-3-1-7(5-13)2-4-8/h7-8,13H,1-6H2. The van der Waals surface area contributed by atoms with Crippen LogP contribution in [0.4, 0.5) is 13.2 Å². The van der Waals surface area contributed by atoms with Gasteiger partial charge in [-0.25, -0.2) is 0 Å². The van der Waals surface area contributed by atoms with Crippen molar-refractivity contribution < 1.29 is 23.0 Å². The Bertz CT molecular complexity index is 162. The lowest BCUT2D eigenvalue weighted by Gasteiger charge is -2.27. The summed E-state index contributed by atoms with van der Waals surface area (Å²) in [5.74, 6) is 0.251. The minimum Gasteiger partial charge on any atom is -0.396 e. The van der Waals surface area contributed by atoms with Crippen LogP contribution in [0, 0.1) is 5.92 Å². The molecule has 0 radical (unpaired) electrons. The number of rotatable bonds is 3. The van der Waals surface area contributed by atoms with Gasteiger partial charge in [-0.2, -0.15) is 13.2 Å². The molecule has 1 fully saturated rings. The van der Waals surface area contributed by atoms with E-state index in [0.29, 0.717) is 12.8 Å². The number of hydrogen-bond acceptors (Lipinski definition) is 2. The van der Waals surface area contributed by atoms with Crippen molar-refractivity contribution in [3.05, 3.63) is 0 Å². The first-order valence-corrected chi connectivity index (χ1v) is 4.80. The average molecular weight is 212 g/mol. The van der Waals surface area contributed by atoms with E-state index in [4.69, 9.17) is 9.84 Å². The maximum Gasteiger partial charge on any atom is 0.411 e. The van der Waals surface area contributed by atoms with E-state index < -0.39 is 12.8 Å². The summed E-state index contributed by atoms with van der Waals surface area (Å²) in [5.41, 5.74) is 0. The first kappa shape index (κ1) is 11.8. The zero-order chi connectivity index (χ0) is 10.6. The molecule has 0 aromatic heterocycles. The molecule has 0 spiro atoms. The fourth-order valence-electron chi connectivity index (χ4n) is 1.69. The van der Waals surface area contributed by atoms with Gasteiger partial charge in [-0.1, -0.05) is 0 Å². The van der Waals surface area contributed by atoms with Crippen LogP contribution in [0.15, 0.2) is 0 Å². The monoisotopic (exact) mass is 212 g/mol. The van der Waals surface area contributed by atoms with Crippen molar-refractivity contribution in [3.63, 3.8) is 0 Å². The van der Waals surface area contributed by atoms with Gasteiger partial charge in [0.15, 0.2) is 0 Å². The normalized spacial score (nSPS) is 29.1. The van der Waals surface area contributed by atoms with E-state index in [2.05, 4.69) is 0 Å².